The zero-order valence-corrected chi connectivity index (χ0v) is 14.8. The van der Waals surface area contributed by atoms with Crippen LogP contribution in [0.4, 0.5) is 0 Å². The van der Waals surface area contributed by atoms with Crippen LogP contribution in [0.1, 0.15) is 40.2 Å². The second-order valence-corrected chi connectivity index (χ2v) is 6.84. The predicted molar refractivity (Wildman–Crippen MR) is 89.5 cm³/mol. The van der Waals surface area contributed by atoms with Gasteiger partial charge in [0.25, 0.3) is 0 Å². The van der Waals surface area contributed by atoms with Gasteiger partial charge in [-0.3, -0.25) is 0 Å². The maximum atomic E-state index is 12.7. The fraction of sp³-hybridized carbons (Fsp3) is 0.529. The smallest absolute Gasteiger partial charge is 0.346 e. The molecule has 1 fully saturated rings. The topological polar surface area (TPSA) is 88.1 Å². The minimum Gasteiger partial charge on any atom is -0.783 e. The maximum absolute atomic E-state index is 12.7. The average molecular weight is 335 g/mol. The number of nitrogens with zero attached hydrogens (tertiary/aromatic N) is 2. The maximum Gasteiger partial charge on any atom is 0.346 e. The van der Waals surface area contributed by atoms with Crippen molar-refractivity contribution in [3.63, 3.8) is 0 Å². The van der Waals surface area contributed by atoms with E-state index in [2.05, 4.69) is 4.74 Å². The van der Waals surface area contributed by atoms with Crippen molar-refractivity contribution >= 4 is 5.97 Å². The summed E-state index contributed by atoms with van der Waals surface area (Å²) in [5, 5.41) is 26.8. The Labute approximate surface area is 142 Å². The van der Waals surface area contributed by atoms with Crippen molar-refractivity contribution in [2.75, 3.05) is 7.11 Å². The van der Waals surface area contributed by atoms with E-state index in [1.165, 1.54) is 7.11 Å². The van der Waals surface area contributed by atoms with Crippen LogP contribution in [0, 0.1) is 16.6 Å². The molecule has 133 valence electrons. The monoisotopic (exact) mass is 335 g/mol. The standard InChI is InChI=1S/C17H23N2O5/c1-11(15(20)23-6)24-13-9-7-8-12(10-13)14-18(21)16(2,3)17(4,5)19(14)22/h7-11H,1-6H3/q-2/t11-/m1/s1. The molecule has 1 heterocycles. The van der Waals surface area contributed by atoms with Crippen molar-refractivity contribution in [1.82, 2.24) is 10.1 Å². The Morgan fingerprint density at radius 3 is 2.17 bits per heavy atom. The van der Waals surface area contributed by atoms with Crippen molar-refractivity contribution in [3.8, 4) is 5.75 Å². The van der Waals surface area contributed by atoms with Gasteiger partial charge in [-0.05, 0) is 52.3 Å². The van der Waals surface area contributed by atoms with E-state index in [0.717, 1.165) is 10.1 Å². The van der Waals surface area contributed by atoms with Gasteiger partial charge in [-0.25, -0.2) is 4.79 Å². The molecule has 24 heavy (non-hydrogen) atoms. The summed E-state index contributed by atoms with van der Waals surface area (Å²) in [6.07, 6.45) is -0.764. The number of carbonyl (C=O) groups is 1. The van der Waals surface area contributed by atoms with Crippen LogP contribution in [0.2, 0.25) is 0 Å². The van der Waals surface area contributed by atoms with Gasteiger partial charge in [-0.2, -0.15) is 0 Å². The number of methoxy groups -OCH3 is 1. The fourth-order valence-corrected chi connectivity index (χ4v) is 2.47. The molecule has 0 bridgehead atoms. The first-order chi connectivity index (χ1) is 11.0. The largest absolute Gasteiger partial charge is 0.783 e. The van der Waals surface area contributed by atoms with E-state index in [0.29, 0.717) is 11.3 Å². The number of hydrogen-bond donors (Lipinski definition) is 0. The summed E-state index contributed by atoms with van der Waals surface area (Å²) in [5.41, 5.74) is -1.34. The highest BCUT2D eigenvalue weighted by atomic mass is 16.6. The predicted octanol–water partition coefficient (Wildman–Crippen LogP) is 2.63. The lowest BCUT2D eigenvalue weighted by Crippen LogP contribution is -2.51. The van der Waals surface area contributed by atoms with Crippen LogP contribution < -0.4 is 4.74 Å². The van der Waals surface area contributed by atoms with Gasteiger partial charge in [-0.1, -0.05) is 12.1 Å². The quantitative estimate of drug-likeness (QED) is 0.781. The highest BCUT2D eigenvalue weighted by Gasteiger charge is 2.50. The van der Waals surface area contributed by atoms with E-state index >= 15 is 0 Å². The van der Waals surface area contributed by atoms with Crippen molar-refractivity contribution in [2.24, 2.45) is 0 Å². The summed E-state index contributed by atoms with van der Waals surface area (Å²) in [6, 6.07) is 6.56. The van der Waals surface area contributed by atoms with E-state index in [9.17, 15) is 15.2 Å². The highest BCUT2D eigenvalue weighted by molar-refractivity contribution is 5.74. The molecular formula is C17H23N2O5-2. The van der Waals surface area contributed by atoms with E-state index < -0.39 is 23.2 Å². The molecule has 7 nitrogen and oxygen atoms in total. The Morgan fingerprint density at radius 1 is 1.12 bits per heavy atom. The van der Waals surface area contributed by atoms with Crippen LogP contribution in [0.15, 0.2) is 24.3 Å². The van der Waals surface area contributed by atoms with Crippen LogP contribution >= 0.6 is 0 Å². The van der Waals surface area contributed by atoms with E-state index in [4.69, 9.17) is 4.74 Å². The SMILES string of the molecule is COC(=O)[C@@H](C)Oc1cccc([C]2N([O-])C(C)(C)C(C)(C)N2[O-])c1. The minimum atomic E-state index is -0.889. The Hall–Kier alpha value is -1.67. The summed E-state index contributed by atoms with van der Waals surface area (Å²) in [7, 11) is 1.28. The van der Waals surface area contributed by atoms with E-state index in [1.54, 1.807) is 58.9 Å². The summed E-state index contributed by atoms with van der Waals surface area (Å²) in [5.74, 6) is -0.130. The van der Waals surface area contributed by atoms with Crippen LogP contribution in [-0.4, -0.2) is 40.4 Å². The number of esters is 1. The molecule has 0 aromatic heterocycles. The summed E-state index contributed by atoms with van der Waals surface area (Å²) >= 11 is 0. The number of rotatable bonds is 4. The molecule has 0 spiro atoms. The summed E-state index contributed by atoms with van der Waals surface area (Å²) < 4.78 is 10.1. The molecule has 2 rings (SSSR count). The van der Waals surface area contributed by atoms with Crippen molar-refractivity contribution in [2.45, 2.75) is 51.8 Å². The number of benzene rings is 1. The Balaban J connectivity index is 2.30. The molecule has 0 amide bonds. The molecule has 1 aromatic carbocycles. The number of carbonyl (C=O) groups excluding carboxylic acids is 1. The molecule has 0 saturated carbocycles. The summed E-state index contributed by atoms with van der Waals surface area (Å²) in [6.45, 7) is 8.50. The normalized spacial score (nSPS) is 22.3. The first-order valence-corrected chi connectivity index (χ1v) is 7.70. The van der Waals surface area contributed by atoms with Gasteiger partial charge in [0.2, 0.25) is 0 Å². The van der Waals surface area contributed by atoms with Crippen molar-refractivity contribution in [3.05, 3.63) is 46.4 Å². The van der Waals surface area contributed by atoms with Gasteiger partial charge >= 0.3 is 5.97 Å². The Morgan fingerprint density at radius 2 is 1.67 bits per heavy atom. The third kappa shape index (κ3) is 2.88. The number of hydroxylamine groups is 4. The Bertz CT molecular complexity index is 597. The van der Waals surface area contributed by atoms with Crippen LogP contribution in [-0.2, 0) is 9.53 Å². The lowest BCUT2D eigenvalue weighted by atomic mass is 9.84. The summed E-state index contributed by atoms with van der Waals surface area (Å²) in [4.78, 5) is 11.5. The number of hydrogen-bond acceptors (Lipinski definition) is 7. The molecule has 1 aromatic rings. The molecule has 0 aliphatic carbocycles. The van der Waals surface area contributed by atoms with Gasteiger partial charge in [0.15, 0.2) is 6.10 Å². The first-order valence-electron chi connectivity index (χ1n) is 7.70. The molecule has 1 radical (unpaired) electrons. The van der Waals surface area contributed by atoms with Crippen LogP contribution in [0.5, 0.6) is 5.75 Å². The average Bonchev–Trinajstić information content (AvgIpc) is 2.64. The molecule has 0 N–H and O–H groups in total. The van der Waals surface area contributed by atoms with E-state index in [-0.39, 0.29) is 6.17 Å². The highest BCUT2D eigenvalue weighted by Crippen LogP contribution is 2.48. The molecular weight excluding hydrogens is 312 g/mol. The molecule has 1 aliphatic rings. The zero-order chi connectivity index (χ0) is 18.3. The van der Waals surface area contributed by atoms with Crippen LogP contribution in [0.25, 0.3) is 0 Å². The van der Waals surface area contributed by atoms with Crippen molar-refractivity contribution < 1.29 is 14.3 Å². The third-order valence-electron chi connectivity index (χ3n) is 4.84. The Kier molecular flexibility index (Phi) is 4.92. The molecule has 1 aliphatic heterocycles. The van der Waals surface area contributed by atoms with Gasteiger partial charge in [0, 0.05) is 11.1 Å². The lowest BCUT2D eigenvalue weighted by Gasteiger charge is -2.46. The van der Waals surface area contributed by atoms with E-state index in [1.807, 2.05) is 0 Å². The second kappa shape index (κ2) is 6.33. The van der Waals surface area contributed by atoms with Gasteiger partial charge < -0.3 is 30.0 Å². The zero-order valence-electron chi connectivity index (χ0n) is 14.8. The fourth-order valence-electron chi connectivity index (χ4n) is 2.47. The van der Waals surface area contributed by atoms with Crippen LogP contribution in [0.3, 0.4) is 0 Å². The number of ether oxygens (including phenoxy) is 2. The van der Waals surface area contributed by atoms with Gasteiger partial charge in [-0.15, -0.1) is 0 Å². The molecule has 1 atom stereocenters. The third-order valence-corrected chi connectivity index (χ3v) is 4.84. The second-order valence-electron chi connectivity index (χ2n) is 6.84. The molecule has 0 unspecified atom stereocenters. The first kappa shape index (κ1) is 18.7. The molecule has 1 saturated heterocycles. The van der Waals surface area contributed by atoms with Gasteiger partial charge in [0.1, 0.15) is 11.9 Å². The lowest BCUT2D eigenvalue weighted by molar-refractivity contribution is -0.147. The molecule has 7 heteroatoms. The van der Waals surface area contributed by atoms with Crippen molar-refractivity contribution in [1.29, 1.82) is 0 Å². The minimum absolute atomic E-state index is 0.0289. The van der Waals surface area contributed by atoms with Gasteiger partial charge in [0.05, 0.1) is 7.11 Å².